The van der Waals surface area contributed by atoms with Gasteiger partial charge in [-0.2, -0.15) is 0 Å². The van der Waals surface area contributed by atoms with E-state index < -0.39 is 29.1 Å². The number of hydrogen-bond donors (Lipinski definition) is 1. The number of allylic oxidation sites excluding steroid dienone is 1. The third-order valence-corrected chi connectivity index (χ3v) is 8.75. The highest BCUT2D eigenvalue weighted by Gasteiger charge is 2.79. The number of carbonyl (C=O) groups is 3. The monoisotopic (exact) mass is 532 g/mol. The first kappa shape index (κ1) is 30.4. The molecule has 8 nitrogen and oxygen atoms in total. The number of likely N-dealkylation sites (tertiary alicyclic amines) is 1. The van der Waals surface area contributed by atoms with Crippen LogP contribution in [-0.4, -0.2) is 82.3 Å². The molecule has 3 aliphatic heterocycles. The number of carbonyl (C=O) groups excluding carboxylic acids is 3. The van der Waals surface area contributed by atoms with E-state index in [-0.39, 0.29) is 30.4 Å². The van der Waals surface area contributed by atoms with Gasteiger partial charge in [-0.15, -0.1) is 13.2 Å². The molecule has 3 saturated heterocycles. The van der Waals surface area contributed by atoms with Crippen LogP contribution in [0.2, 0.25) is 0 Å². The summed E-state index contributed by atoms with van der Waals surface area (Å²) < 4.78 is 12.5. The molecule has 38 heavy (non-hydrogen) atoms. The molecule has 0 aromatic heterocycles. The van der Waals surface area contributed by atoms with E-state index in [2.05, 4.69) is 13.2 Å². The maximum Gasteiger partial charge on any atom is 0.312 e. The lowest BCUT2D eigenvalue weighted by Crippen LogP contribution is -2.57. The largest absolute Gasteiger partial charge is 0.465 e. The number of rotatable bonds is 17. The molecule has 0 saturated carbocycles. The molecule has 0 aromatic carbocycles. The Balaban J connectivity index is 1.93. The van der Waals surface area contributed by atoms with Crippen molar-refractivity contribution in [3.8, 4) is 0 Å². The number of aliphatic hydroxyl groups excluding tert-OH is 1. The Bertz CT molecular complexity index is 875. The van der Waals surface area contributed by atoms with Crippen molar-refractivity contribution in [1.82, 2.24) is 9.80 Å². The minimum Gasteiger partial charge on any atom is -0.465 e. The third-order valence-electron chi connectivity index (χ3n) is 8.75. The van der Waals surface area contributed by atoms with Crippen molar-refractivity contribution in [2.45, 2.75) is 108 Å². The van der Waals surface area contributed by atoms with E-state index in [0.29, 0.717) is 45.4 Å². The first-order valence-electron chi connectivity index (χ1n) is 14.5. The first-order chi connectivity index (χ1) is 18.2. The first-order valence-corrected chi connectivity index (χ1v) is 14.5. The molecule has 214 valence electrons. The zero-order valence-corrected chi connectivity index (χ0v) is 23.7. The normalized spacial score (nSPS) is 29.6. The Morgan fingerprint density at radius 2 is 1.89 bits per heavy atom. The predicted octanol–water partition coefficient (Wildman–Crippen LogP) is 4.02. The lowest BCUT2D eigenvalue weighted by molar-refractivity contribution is -0.162. The minimum atomic E-state index is -1.03. The molecule has 1 N–H and O–H groups in total. The summed E-state index contributed by atoms with van der Waals surface area (Å²) >= 11 is 0. The topological polar surface area (TPSA) is 96.4 Å². The molecule has 0 aromatic rings. The second-order valence-electron chi connectivity index (χ2n) is 11.3. The SMILES string of the molecule is C=CCCCCOC(=O)[C@@H]1[C@H]2C(=O)N(CCCCCCO)C(C(=O)N(CC=C)C(C)C)C23CC[C@@]1(CC)O3. The Kier molecular flexibility index (Phi) is 10.6. The van der Waals surface area contributed by atoms with Crippen molar-refractivity contribution in [3.63, 3.8) is 0 Å². The molecule has 2 bridgehead atoms. The van der Waals surface area contributed by atoms with Gasteiger partial charge in [-0.3, -0.25) is 14.4 Å². The summed E-state index contributed by atoms with van der Waals surface area (Å²) in [6.45, 7) is 14.7. The van der Waals surface area contributed by atoms with Gasteiger partial charge in [0.05, 0.1) is 18.1 Å². The van der Waals surface area contributed by atoms with Crippen LogP contribution in [0.3, 0.4) is 0 Å². The van der Waals surface area contributed by atoms with Crippen molar-refractivity contribution in [2.24, 2.45) is 11.8 Å². The lowest BCUT2D eigenvalue weighted by atomic mass is 9.65. The number of esters is 1. The van der Waals surface area contributed by atoms with Crippen molar-refractivity contribution in [3.05, 3.63) is 25.3 Å². The Hall–Kier alpha value is -2.19. The van der Waals surface area contributed by atoms with Gasteiger partial charge in [0.2, 0.25) is 11.8 Å². The summed E-state index contributed by atoms with van der Waals surface area (Å²) in [7, 11) is 0. The smallest absolute Gasteiger partial charge is 0.312 e. The van der Waals surface area contributed by atoms with E-state index in [9.17, 15) is 14.4 Å². The van der Waals surface area contributed by atoms with Crippen LogP contribution in [-0.2, 0) is 23.9 Å². The number of ether oxygens (including phenoxy) is 2. The van der Waals surface area contributed by atoms with Crippen molar-refractivity contribution in [2.75, 3.05) is 26.3 Å². The summed E-state index contributed by atoms with van der Waals surface area (Å²) in [5.74, 6) is -2.13. The van der Waals surface area contributed by atoms with Crippen molar-refractivity contribution < 1.29 is 29.0 Å². The van der Waals surface area contributed by atoms with Gasteiger partial charge < -0.3 is 24.4 Å². The second kappa shape index (κ2) is 13.2. The zero-order chi connectivity index (χ0) is 27.9. The van der Waals surface area contributed by atoms with Crippen molar-refractivity contribution in [1.29, 1.82) is 0 Å². The maximum absolute atomic E-state index is 14.2. The van der Waals surface area contributed by atoms with Gasteiger partial charge in [0, 0.05) is 25.7 Å². The number of hydrogen-bond acceptors (Lipinski definition) is 6. The fourth-order valence-corrected chi connectivity index (χ4v) is 6.85. The van der Waals surface area contributed by atoms with Crippen LogP contribution in [0, 0.1) is 11.8 Å². The molecule has 5 atom stereocenters. The minimum absolute atomic E-state index is 0.0764. The summed E-state index contributed by atoms with van der Waals surface area (Å²) in [5, 5.41) is 9.12. The fraction of sp³-hybridized carbons (Fsp3) is 0.767. The van der Waals surface area contributed by atoms with Gasteiger partial charge in [0.25, 0.3) is 0 Å². The highest BCUT2D eigenvalue weighted by atomic mass is 16.6. The highest BCUT2D eigenvalue weighted by Crippen LogP contribution is 2.64. The van der Waals surface area contributed by atoms with Crippen LogP contribution in [0.15, 0.2) is 25.3 Å². The third kappa shape index (κ3) is 5.57. The molecule has 1 spiro atoms. The van der Waals surface area contributed by atoms with Crippen LogP contribution >= 0.6 is 0 Å². The number of nitrogens with zero attached hydrogens (tertiary/aromatic N) is 2. The Labute approximate surface area is 228 Å². The number of amides is 2. The zero-order valence-electron chi connectivity index (χ0n) is 23.7. The molecule has 3 rings (SSSR count). The summed E-state index contributed by atoms with van der Waals surface area (Å²) in [6, 6.07) is -0.855. The standard InChI is InChI=1S/C30H48N2O6/c1-6-9-10-15-21-37-28(36)24-23-26(34)32(19-13-11-12-14-20-33)25(27(35)31(18-7-2)22(4)5)30(23)17-16-29(24,8-3)38-30/h6-7,22-25,33H,1-2,8-21H2,3-5H3/t23-,24-,25?,29+,30?/m0/s1. The van der Waals surface area contributed by atoms with E-state index in [4.69, 9.17) is 14.6 Å². The van der Waals surface area contributed by atoms with Gasteiger partial charge in [-0.1, -0.05) is 31.9 Å². The fourth-order valence-electron chi connectivity index (χ4n) is 6.85. The van der Waals surface area contributed by atoms with Crippen LogP contribution in [0.4, 0.5) is 0 Å². The van der Waals surface area contributed by atoms with E-state index in [1.807, 2.05) is 26.8 Å². The van der Waals surface area contributed by atoms with Crippen LogP contribution in [0.25, 0.3) is 0 Å². The number of unbranched alkanes of at least 4 members (excludes halogenated alkanes) is 5. The Morgan fingerprint density at radius 1 is 1.16 bits per heavy atom. The molecular weight excluding hydrogens is 484 g/mol. The van der Waals surface area contributed by atoms with Gasteiger partial charge >= 0.3 is 5.97 Å². The van der Waals surface area contributed by atoms with Crippen LogP contribution in [0.1, 0.15) is 85.0 Å². The average Bonchev–Trinajstić information content (AvgIpc) is 3.50. The molecule has 0 aliphatic carbocycles. The van der Waals surface area contributed by atoms with Gasteiger partial charge in [0.1, 0.15) is 17.6 Å². The maximum atomic E-state index is 14.2. The van der Waals surface area contributed by atoms with E-state index in [1.165, 1.54) is 0 Å². The molecular formula is C30H48N2O6. The van der Waals surface area contributed by atoms with E-state index >= 15 is 0 Å². The lowest BCUT2D eigenvalue weighted by Gasteiger charge is -2.38. The van der Waals surface area contributed by atoms with E-state index in [1.54, 1.807) is 15.9 Å². The quantitative estimate of drug-likeness (QED) is 0.173. The summed E-state index contributed by atoms with van der Waals surface area (Å²) in [4.78, 5) is 45.3. The average molecular weight is 533 g/mol. The van der Waals surface area contributed by atoms with Gasteiger partial charge in [0.15, 0.2) is 0 Å². The summed E-state index contributed by atoms with van der Waals surface area (Å²) in [6.07, 6.45) is 11.0. The number of fused-ring (bicyclic) bond motifs is 1. The molecule has 2 unspecified atom stereocenters. The molecule has 3 heterocycles. The molecule has 8 heteroatoms. The van der Waals surface area contributed by atoms with Gasteiger partial charge in [-0.05, 0) is 65.2 Å². The van der Waals surface area contributed by atoms with Crippen molar-refractivity contribution >= 4 is 17.8 Å². The molecule has 3 fully saturated rings. The number of aliphatic hydroxyl groups is 1. The van der Waals surface area contributed by atoms with E-state index in [0.717, 1.165) is 38.5 Å². The molecule has 0 radical (unpaired) electrons. The highest BCUT2D eigenvalue weighted by molar-refractivity contribution is 5.98. The Morgan fingerprint density at radius 3 is 2.53 bits per heavy atom. The molecule has 2 amide bonds. The van der Waals surface area contributed by atoms with Crippen LogP contribution in [0.5, 0.6) is 0 Å². The summed E-state index contributed by atoms with van der Waals surface area (Å²) in [5.41, 5.74) is -1.82. The van der Waals surface area contributed by atoms with Gasteiger partial charge in [-0.25, -0.2) is 0 Å². The second-order valence-corrected chi connectivity index (χ2v) is 11.3. The van der Waals surface area contributed by atoms with Crippen LogP contribution < -0.4 is 0 Å². The molecule has 3 aliphatic rings. The predicted molar refractivity (Wildman–Crippen MR) is 146 cm³/mol.